The number of rotatable bonds is 1. The average Bonchev–Trinajstić information content (AvgIpc) is 2.42. The molecule has 1 aliphatic rings. The lowest BCUT2D eigenvalue weighted by atomic mass is 9.99. The summed E-state index contributed by atoms with van der Waals surface area (Å²) in [6.45, 7) is 0.368. The van der Waals surface area contributed by atoms with Crippen LogP contribution >= 0.6 is 11.6 Å². The standard InChI is InChI=1S/C15H10ClFO2/c16-12-3-1-2-10(15(12)17)9-4-5-11-13(18)6-7-19-14(11)8-9/h1-5,8H,6-7H2. The Hall–Kier alpha value is -1.87. The number of halogens is 2. The Labute approximate surface area is 114 Å². The van der Waals surface area contributed by atoms with E-state index in [1.165, 1.54) is 6.07 Å². The number of hydrogen-bond acceptors (Lipinski definition) is 2. The second-order valence-electron chi connectivity index (χ2n) is 4.33. The summed E-state index contributed by atoms with van der Waals surface area (Å²) < 4.78 is 19.4. The van der Waals surface area contributed by atoms with Gasteiger partial charge in [-0.2, -0.15) is 0 Å². The highest BCUT2D eigenvalue weighted by molar-refractivity contribution is 6.31. The van der Waals surface area contributed by atoms with E-state index < -0.39 is 5.82 Å². The summed E-state index contributed by atoms with van der Waals surface area (Å²) in [7, 11) is 0. The molecule has 0 unspecified atom stereocenters. The molecule has 0 atom stereocenters. The molecule has 0 aliphatic carbocycles. The maximum atomic E-state index is 14.0. The molecule has 2 nitrogen and oxygen atoms in total. The lowest BCUT2D eigenvalue weighted by Gasteiger charge is -2.17. The molecule has 1 aliphatic heterocycles. The first-order chi connectivity index (χ1) is 9.16. The zero-order chi connectivity index (χ0) is 13.4. The Kier molecular flexibility index (Phi) is 2.99. The number of ether oxygens (including phenoxy) is 1. The monoisotopic (exact) mass is 276 g/mol. The molecule has 0 saturated heterocycles. The topological polar surface area (TPSA) is 26.3 Å². The van der Waals surface area contributed by atoms with Gasteiger partial charge in [0.05, 0.1) is 17.2 Å². The molecule has 2 aromatic rings. The first-order valence-electron chi connectivity index (χ1n) is 5.91. The van der Waals surface area contributed by atoms with Crippen LogP contribution in [0, 0.1) is 5.82 Å². The maximum absolute atomic E-state index is 14.0. The fourth-order valence-corrected chi connectivity index (χ4v) is 2.33. The van der Waals surface area contributed by atoms with Crippen LogP contribution in [0.2, 0.25) is 5.02 Å². The van der Waals surface area contributed by atoms with Crippen molar-refractivity contribution in [1.82, 2.24) is 0 Å². The molecule has 0 radical (unpaired) electrons. The Morgan fingerprint density at radius 2 is 2.00 bits per heavy atom. The van der Waals surface area contributed by atoms with E-state index in [9.17, 15) is 9.18 Å². The number of fused-ring (bicyclic) bond motifs is 1. The molecule has 0 N–H and O–H groups in total. The number of carbonyl (C=O) groups is 1. The minimum atomic E-state index is -0.466. The van der Waals surface area contributed by atoms with Crippen molar-refractivity contribution in [3.63, 3.8) is 0 Å². The number of hydrogen-bond donors (Lipinski definition) is 0. The zero-order valence-corrected chi connectivity index (χ0v) is 10.7. The van der Waals surface area contributed by atoms with Gasteiger partial charge in [0.15, 0.2) is 5.78 Å². The van der Waals surface area contributed by atoms with E-state index in [-0.39, 0.29) is 10.8 Å². The fourth-order valence-electron chi connectivity index (χ4n) is 2.15. The van der Waals surface area contributed by atoms with Gasteiger partial charge in [-0.15, -0.1) is 0 Å². The number of benzene rings is 2. The van der Waals surface area contributed by atoms with Crippen LogP contribution in [0.4, 0.5) is 4.39 Å². The van der Waals surface area contributed by atoms with Crippen LogP contribution in [0.3, 0.4) is 0 Å². The highest BCUT2D eigenvalue weighted by Gasteiger charge is 2.19. The molecule has 4 heteroatoms. The van der Waals surface area contributed by atoms with Crippen LogP contribution in [0.15, 0.2) is 36.4 Å². The van der Waals surface area contributed by atoms with Crippen molar-refractivity contribution in [1.29, 1.82) is 0 Å². The van der Waals surface area contributed by atoms with E-state index in [1.54, 1.807) is 30.3 Å². The van der Waals surface area contributed by atoms with E-state index >= 15 is 0 Å². The second-order valence-corrected chi connectivity index (χ2v) is 4.74. The van der Waals surface area contributed by atoms with Crippen molar-refractivity contribution >= 4 is 17.4 Å². The summed E-state index contributed by atoms with van der Waals surface area (Å²) in [6.07, 6.45) is 0.387. The Morgan fingerprint density at radius 1 is 1.16 bits per heavy atom. The van der Waals surface area contributed by atoms with Crippen molar-refractivity contribution in [2.45, 2.75) is 6.42 Å². The smallest absolute Gasteiger partial charge is 0.169 e. The molecule has 1 heterocycles. The maximum Gasteiger partial charge on any atom is 0.169 e. The average molecular weight is 277 g/mol. The third kappa shape index (κ3) is 2.10. The molecule has 19 heavy (non-hydrogen) atoms. The molecular formula is C15H10ClFO2. The summed E-state index contributed by atoms with van der Waals surface area (Å²) in [4.78, 5) is 11.7. The summed E-state index contributed by atoms with van der Waals surface area (Å²) in [5, 5.41) is 0.0761. The Bertz CT molecular complexity index is 667. The molecule has 96 valence electrons. The van der Waals surface area contributed by atoms with Gasteiger partial charge in [0.1, 0.15) is 11.6 Å². The third-order valence-electron chi connectivity index (χ3n) is 3.13. The summed E-state index contributed by atoms with van der Waals surface area (Å²) in [5.74, 6) is 0.0961. The Balaban J connectivity index is 2.12. The van der Waals surface area contributed by atoms with Gasteiger partial charge in [-0.1, -0.05) is 29.8 Å². The van der Waals surface area contributed by atoms with Gasteiger partial charge in [0.25, 0.3) is 0 Å². The summed E-state index contributed by atoms with van der Waals surface area (Å²) in [6, 6.07) is 9.90. The first-order valence-corrected chi connectivity index (χ1v) is 6.29. The molecule has 0 aromatic heterocycles. The van der Waals surface area contributed by atoms with Gasteiger partial charge in [0.2, 0.25) is 0 Å². The quantitative estimate of drug-likeness (QED) is 0.783. The summed E-state index contributed by atoms with van der Waals surface area (Å²) >= 11 is 5.77. The van der Waals surface area contributed by atoms with Crippen LogP contribution in [-0.2, 0) is 0 Å². The molecule has 0 saturated carbocycles. The number of carbonyl (C=O) groups excluding carboxylic acids is 1. The molecule has 0 bridgehead atoms. The van der Waals surface area contributed by atoms with Crippen LogP contribution in [0.5, 0.6) is 5.75 Å². The van der Waals surface area contributed by atoms with Crippen molar-refractivity contribution in [2.75, 3.05) is 6.61 Å². The van der Waals surface area contributed by atoms with Crippen molar-refractivity contribution < 1.29 is 13.9 Å². The molecule has 3 rings (SSSR count). The van der Waals surface area contributed by atoms with Crippen LogP contribution < -0.4 is 4.74 Å². The SMILES string of the molecule is O=C1CCOc2cc(-c3cccc(Cl)c3F)ccc21. The lowest BCUT2D eigenvalue weighted by molar-refractivity contribution is 0.0933. The van der Waals surface area contributed by atoms with Gasteiger partial charge in [-0.05, 0) is 23.8 Å². The van der Waals surface area contributed by atoms with Crippen molar-refractivity contribution in [3.05, 3.63) is 52.8 Å². The molecule has 0 fully saturated rings. The van der Waals surface area contributed by atoms with Crippen LogP contribution in [0.1, 0.15) is 16.8 Å². The van der Waals surface area contributed by atoms with E-state index in [4.69, 9.17) is 16.3 Å². The molecule has 0 amide bonds. The van der Waals surface area contributed by atoms with Gasteiger partial charge in [-0.25, -0.2) is 4.39 Å². The van der Waals surface area contributed by atoms with E-state index in [2.05, 4.69) is 0 Å². The highest BCUT2D eigenvalue weighted by Crippen LogP contribution is 2.33. The predicted molar refractivity (Wildman–Crippen MR) is 71.3 cm³/mol. The molecule has 0 spiro atoms. The van der Waals surface area contributed by atoms with Gasteiger partial charge >= 0.3 is 0 Å². The van der Waals surface area contributed by atoms with Crippen molar-refractivity contribution in [3.8, 4) is 16.9 Å². The van der Waals surface area contributed by atoms with Gasteiger partial charge in [-0.3, -0.25) is 4.79 Å². The van der Waals surface area contributed by atoms with Gasteiger partial charge in [0, 0.05) is 12.0 Å². The molecule has 2 aromatic carbocycles. The van der Waals surface area contributed by atoms with E-state index in [0.29, 0.717) is 35.5 Å². The summed E-state index contributed by atoms with van der Waals surface area (Å²) in [5.41, 5.74) is 1.60. The van der Waals surface area contributed by atoms with Gasteiger partial charge < -0.3 is 4.74 Å². The van der Waals surface area contributed by atoms with Crippen LogP contribution in [-0.4, -0.2) is 12.4 Å². The minimum absolute atomic E-state index is 0.0550. The number of ketones is 1. The second kappa shape index (κ2) is 4.67. The number of Topliss-reactive ketones (excluding diaryl/α,β-unsaturated/α-hetero) is 1. The highest BCUT2D eigenvalue weighted by atomic mass is 35.5. The normalized spacial score (nSPS) is 13.9. The minimum Gasteiger partial charge on any atom is -0.492 e. The molecular weight excluding hydrogens is 267 g/mol. The predicted octanol–water partition coefficient (Wildman–Crippen LogP) is 4.11. The van der Waals surface area contributed by atoms with Crippen LogP contribution in [0.25, 0.3) is 11.1 Å². The fraction of sp³-hybridized carbons (Fsp3) is 0.133. The largest absolute Gasteiger partial charge is 0.492 e. The van der Waals surface area contributed by atoms with E-state index in [0.717, 1.165) is 0 Å². The lowest BCUT2D eigenvalue weighted by Crippen LogP contribution is -2.15. The Morgan fingerprint density at radius 3 is 2.84 bits per heavy atom. The van der Waals surface area contributed by atoms with E-state index in [1.807, 2.05) is 0 Å². The first kappa shape index (κ1) is 12.2. The van der Waals surface area contributed by atoms with Crippen molar-refractivity contribution in [2.24, 2.45) is 0 Å². The third-order valence-corrected chi connectivity index (χ3v) is 3.42. The zero-order valence-electron chi connectivity index (χ0n) is 9.95.